The lowest BCUT2D eigenvalue weighted by molar-refractivity contribution is 0.0925. The average Bonchev–Trinajstić information content (AvgIpc) is 2.75. The van der Waals surface area contributed by atoms with Crippen LogP contribution in [0.3, 0.4) is 0 Å². The molecular weight excluding hydrogens is 230 g/mol. The number of methoxy groups -OCH3 is 1. The molecule has 1 heterocycles. The van der Waals surface area contributed by atoms with Crippen LogP contribution in [0.4, 0.5) is 0 Å². The van der Waals surface area contributed by atoms with Gasteiger partial charge in [0.25, 0.3) is 5.91 Å². The van der Waals surface area contributed by atoms with Gasteiger partial charge in [0.15, 0.2) is 0 Å². The number of rotatable bonds is 3. The number of benzene rings is 1. The molecule has 1 unspecified atom stereocenters. The van der Waals surface area contributed by atoms with Gasteiger partial charge < -0.3 is 14.8 Å². The molecule has 1 aliphatic rings. The van der Waals surface area contributed by atoms with Crippen molar-refractivity contribution in [3.8, 4) is 5.75 Å². The third-order valence-corrected chi connectivity index (χ3v) is 3.43. The molecule has 4 heteroatoms. The number of nitrogens with one attached hydrogen (secondary N) is 1. The van der Waals surface area contributed by atoms with Crippen molar-refractivity contribution >= 4 is 5.91 Å². The lowest BCUT2D eigenvalue weighted by Crippen LogP contribution is -2.39. The molecule has 1 aromatic carbocycles. The van der Waals surface area contributed by atoms with Crippen LogP contribution < -0.4 is 10.1 Å². The molecule has 1 aliphatic heterocycles. The maximum absolute atomic E-state index is 12.2. The Kier molecular flexibility index (Phi) is 3.87. The summed E-state index contributed by atoms with van der Waals surface area (Å²) in [5, 5.41) is 3.02. The number of amides is 1. The van der Waals surface area contributed by atoms with Gasteiger partial charge in [0, 0.05) is 17.0 Å². The van der Waals surface area contributed by atoms with Gasteiger partial charge in [-0.1, -0.05) is 13.0 Å². The Morgan fingerprint density at radius 2 is 2.22 bits per heavy atom. The molecule has 2 rings (SSSR count). The topological polar surface area (TPSA) is 47.6 Å². The van der Waals surface area contributed by atoms with E-state index in [9.17, 15) is 4.79 Å². The van der Waals surface area contributed by atoms with Crippen molar-refractivity contribution in [3.05, 3.63) is 29.3 Å². The van der Waals surface area contributed by atoms with Gasteiger partial charge in [-0.2, -0.15) is 0 Å². The van der Waals surface area contributed by atoms with Crippen LogP contribution in [0.5, 0.6) is 5.75 Å². The second kappa shape index (κ2) is 5.40. The average molecular weight is 249 g/mol. The highest BCUT2D eigenvalue weighted by atomic mass is 16.5. The third-order valence-electron chi connectivity index (χ3n) is 3.43. The molecule has 0 aliphatic carbocycles. The van der Waals surface area contributed by atoms with E-state index in [2.05, 4.69) is 12.2 Å². The van der Waals surface area contributed by atoms with Gasteiger partial charge in [0.1, 0.15) is 5.75 Å². The van der Waals surface area contributed by atoms with E-state index >= 15 is 0 Å². The van der Waals surface area contributed by atoms with Gasteiger partial charge in [-0.25, -0.2) is 0 Å². The van der Waals surface area contributed by atoms with Gasteiger partial charge in [-0.05, 0) is 19.1 Å². The highest BCUT2D eigenvalue weighted by Gasteiger charge is 2.26. The Balaban J connectivity index is 2.13. The second-order valence-electron chi connectivity index (χ2n) is 4.73. The summed E-state index contributed by atoms with van der Waals surface area (Å²) >= 11 is 0. The summed E-state index contributed by atoms with van der Waals surface area (Å²) in [6.45, 7) is 5.27. The van der Waals surface area contributed by atoms with E-state index in [1.165, 1.54) is 0 Å². The Bertz CT molecular complexity index is 445. The molecular formula is C14H19NO3. The first-order valence-corrected chi connectivity index (χ1v) is 6.15. The summed E-state index contributed by atoms with van der Waals surface area (Å²) in [7, 11) is 1.61. The van der Waals surface area contributed by atoms with Crippen molar-refractivity contribution in [2.24, 2.45) is 5.92 Å². The molecule has 2 atom stereocenters. The highest BCUT2D eigenvalue weighted by Crippen LogP contribution is 2.21. The minimum absolute atomic E-state index is 0.0613. The molecule has 1 saturated heterocycles. The standard InChI is InChI=1S/C14H19NO3/c1-9-7-18-8-12(9)15-14(16)11-5-4-6-13(17-3)10(11)2/h4-6,9,12H,7-8H2,1-3H3,(H,15,16)/t9-,12?/m1/s1. The summed E-state index contributed by atoms with van der Waals surface area (Å²) < 4.78 is 10.6. The van der Waals surface area contributed by atoms with Crippen molar-refractivity contribution < 1.29 is 14.3 Å². The molecule has 0 radical (unpaired) electrons. The first-order chi connectivity index (χ1) is 8.63. The van der Waals surface area contributed by atoms with Crippen LogP contribution in [0.25, 0.3) is 0 Å². The van der Waals surface area contributed by atoms with Crippen LogP contribution >= 0.6 is 0 Å². The Morgan fingerprint density at radius 1 is 1.44 bits per heavy atom. The molecule has 0 aromatic heterocycles. The zero-order valence-electron chi connectivity index (χ0n) is 11.0. The van der Waals surface area contributed by atoms with Gasteiger partial charge in [0.2, 0.25) is 0 Å². The number of hydrogen-bond acceptors (Lipinski definition) is 3. The molecule has 1 N–H and O–H groups in total. The normalized spacial score (nSPS) is 22.8. The molecule has 0 spiro atoms. The van der Waals surface area contributed by atoms with E-state index in [-0.39, 0.29) is 11.9 Å². The fraction of sp³-hybridized carbons (Fsp3) is 0.500. The van der Waals surface area contributed by atoms with Gasteiger partial charge in [-0.15, -0.1) is 0 Å². The first kappa shape index (κ1) is 12.9. The molecule has 0 bridgehead atoms. The molecule has 98 valence electrons. The van der Waals surface area contributed by atoms with Gasteiger partial charge >= 0.3 is 0 Å². The summed E-state index contributed by atoms with van der Waals surface area (Å²) in [5.74, 6) is 1.03. The minimum atomic E-state index is -0.0613. The fourth-order valence-corrected chi connectivity index (χ4v) is 2.17. The van der Waals surface area contributed by atoms with Crippen molar-refractivity contribution in [2.75, 3.05) is 20.3 Å². The molecule has 1 fully saturated rings. The zero-order valence-corrected chi connectivity index (χ0v) is 11.0. The number of hydrogen-bond donors (Lipinski definition) is 1. The maximum atomic E-state index is 12.2. The number of carbonyl (C=O) groups excluding carboxylic acids is 1. The predicted octanol–water partition coefficient (Wildman–Crippen LogP) is 1.77. The Hall–Kier alpha value is -1.55. The van der Waals surface area contributed by atoms with Crippen molar-refractivity contribution in [1.82, 2.24) is 5.32 Å². The summed E-state index contributed by atoms with van der Waals surface area (Å²) in [6.07, 6.45) is 0. The minimum Gasteiger partial charge on any atom is -0.496 e. The lowest BCUT2D eigenvalue weighted by atomic mass is 10.0. The molecule has 1 aromatic rings. The monoisotopic (exact) mass is 249 g/mol. The molecule has 1 amide bonds. The van der Waals surface area contributed by atoms with Crippen molar-refractivity contribution in [2.45, 2.75) is 19.9 Å². The smallest absolute Gasteiger partial charge is 0.251 e. The lowest BCUT2D eigenvalue weighted by Gasteiger charge is -2.17. The SMILES string of the molecule is COc1cccc(C(=O)NC2COC[C@H]2C)c1C. The largest absolute Gasteiger partial charge is 0.496 e. The quantitative estimate of drug-likeness (QED) is 0.888. The van der Waals surface area contributed by atoms with Crippen LogP contribution in [0, 0.1) is 12.8 Å². The number of ether oxygens (including phenoxy) is 2. The fourth-order valence-electron chi connectivity index (χ4n) is 2.17. The molecule has 0 saturated carbocycles. The van der Waals surface area contributed by atoms with E-state index in [0.717, 1.165) is 11.3 Å². The van der Waals surface area contributed by atoms with Crippen LogP contribution in [-0.4, -0.2) is 32.3 Å². The summed E-state index contributed by atoms with van der Waals surface area (Å²) in [5.41, 5.74) is 1.53. The van der Waals surface area contributed by atoms with Crippen LogP contribution in [0.2, 0.25) is 0 Å². The van der Waals surface area contributed by atoms with Crippen molar-refractivity contribution in [3.63, 3.8) is 0 Å². The van der Waals surface area contributed by atoms with Crippen LogP contribution in [0.1, 0.15) is 22.8 Å². The van der Waals surface area contributed by atoms with Crippen LogP contribution in [-0.2, 0) is 4.74 Å². The molecule has 18 heavy (non-hydrogen) atoms. The van der Waals surface area contributed by atoms with Crippen molar-refractivity contribution in [1.29, 1.82) is 0 Å². The Morgan fingerprint density at radius 3 is 2.83 bits per heavy atom. The zero-order chi connectivity index (χ0) is 13.1. The maximum Gasteiger partial charge on any atom is 0.251 e. The van der Waals surface area contributed by atoms with Crippen LogP contribution in [0.15, 0.2) is 18.2 Å². The van der Waals surface area contributed by atoms with E-state index in [0.29, 0.717) is 24.7 Å². The first-order valence-electron chi connectivity index (χ1n) is 6.15. The Labute approximate surface area is 107 Å². The number of carbonyl (C=O) groups is 1. The third kappa shape index (κ3) is 2.48. The van der Waals surface area contributed by atoms with E-state index in [1.54, 1.807) is 7.11 Å². The second-order valence-corrected chi connectivity index (χ2v) is 4.73. The predicted molar refractivity (Wildman–Crippen MR) is 69.0 cm³/mol. The summed E-state index contributed by atoms with van der Waals surface area (Å²) in [6, 6.07) is 5.60. The van der Waals surface area contributed by atoms with Gasteiger partial charge in [-0.3, -0.25) is 4.79 Å². The van der Waals surface area contributed by atoms with Gasteiger partial charge in [0.05, 0.1) is 26.4 Å². The van der Waals surface area contributed by atoms with E-state index < -0.39 is 0 Å². The molecule has 4 nitrogen and oxygen atoms in total. The van der Waals surface area contributed by atoms with E-state index in [4.69, 9.17) is 9.47 Å². The summed E-state index contributed by atoms with van der Waals surface area (Å²) in [4.78, 5) is 12.2. The van der Waals surface area contributed by atoms with E-state index in [1.807, 2.05) is 25.1 Å². The highest BCUT2D eigenvalue weighted by molar-refractivity contribution is 5.96.